The topological polar surface area (TPSA) is 45.9 Å². The summed E-state index contributed by atoms with van der Waals surface area (Å²) in [6.07, 6.45) is 4.05. The van der Waals surface area contributed by atoms with Gasteiger partial charge in [0.2, 0.25) is 5.91 Å². The van der Waals surface area contributed by atoms with Crippen LogP contribution in [0.2, 0.25) is 0 Å². The van der Waals surface area contributed by atoms with E-state index in [2.05, 4.69) is 17.0 Å². The molecule has 1 aliphatic rings. The van der Waals surface area contributed by atoms with E-state index in [0.717, 1.165) is 37.3 Å². The van der Waals surface area contributed by atoms with Gasteiger partial charge in [-0.3, -0.25) is 9.69 Å². The summed E-state index contributed by atoms with van der Waals surface area (Å²) in [6.45, 7) is 5.95. The van der Waals surface area contributed by atoms with Crippen LogP contribution in [0.25, 0.3) is 0 Å². The highest BCUT2D eigenvalue weighted by Crippen LogP contribution is 2.16. The number of furan rings is 1. The largest absolute Gasteiger partial charge is 0.468 e. The third-order valence-corrected chi connectivity index (χ3v) is 4.75. The normalized spacial score (nSPS) is 16.9. The van der Waals surface area contributed by atoms with Gasteiger partial charge < -0.3 is 14.1 Å². The van der Waals surface area contributed by atoms with Crippen LogP contribution in [0.15, 0.2) is 53.1 Å². The molecule has 0 radical (unpaired) electrons. The summed E-state index contributed by atoms with van der Waals surface area (Å²) in [5.74, 6) is 1.02. The number of amides is 1. The lowest BCUT2D eigenvalue weighted by molar-refractivity contribution is -0.133. The van der Waals surface area contributed by atoms with Crippen LogP contribution in [0.3, 0.4) is 0 Å². The molecular weight excluding hydrogens is 328 g/mol. The molecular formula is C21H28N2O3. The molecule has 1 aromatic heterocycles. The van der Waals surface area contributed by atoms with Crippen molar-refractivity contribution < 1.29 is 13.9 Å². The molecule has 1 atom stereocenters. The van der Waals surface area contributed by atoms with E-state index in [4.69, 9.17) is 9.15 Å². The number of carbonyl (C=O) groups is 1. The van der Waals surface area contributed by atoms with E-state index in [1.807, 2.05) is 42.2 Å². The molecule has 0 N–H and O–H groups in total. The molecule has 1 fully saturated rings. The lowest BCUT2D eigenvalue weighted by Gasteiger charge is -2.28. The van der Waals surface area contributed by atoms with Crippen LogP contribution in [0.1, 0.15) is 31.1 Å². The molecule has 1 saturated heterocycles. The second-order valence-corrected chi connectivity index (χ2v) is 6.78. The predicted molar refractivity (Wildman–Crippen MR) is 100 cm³/mol. The summed E-state index contributed by atoms with van der Waals surface area (Å²) in [7, 11) is 0. The highest BCUT2D eigenvalue weighted by molar-refractivity contribution is 5.78. The minimum Gasteiger partial charge on any atom is -0.468 e. The first-order valence-corrected chi connectivity index (χ1v) is 9.42. The van der Waals surface area contributed by atoms with Gasteiger partial charge in [-0.2, -0.15) is 0 Å². The van der Waals surface area contributed by atoms with Gasteiger partial charge in [0.1, 0.15) is 5.76 Å². The predicted octanol–water partition coefficient (Wildman–Crippen LogP) is 3.31. The molecule has 1 aromatic carbocycles. The Balaban J connectivity index is 1.62. The van der Waals surface area contributed by atoms with E-state index in [1.165, 1.54) is 0 Å². The molecule has 5 nitrogen and oxygen atoms in total. The van der Waals surface area contributed by atoms with Crippen molar-refractivity contribution in [3.8, 4) is 0 Å². The third kappa shape index (κ3) is 5.44. The quantitative estimate of drug-likeness (QED) is 0.691. The molecule has 1 aliphatic heterocycles. The second kappa shape index (κ2) is 9.55. The van der Waals surface area contributed by atoms with E-state index >= 15 is 0 Å². The highest BCUT2D eigenvalue weighted by Gasteiger charge is 2.23. The summed E-state index contributed by atoms with van der Waals surface area (Å²) in [6, 6.07) is 14.0. The zero-order valence-corrected chi connectivity index (χ0v) is 15.5. The van der Waals surface area contributed by atoms with Crippen LogP contribution in [-0.4, -0.2) is 48.1 Å². The smallest absolute Gasteiger partial charge is 0.237 e. The fraction of sp³-hybridized carbons (Fsp3) is 0.476. The number of nitrogens with zero attached hydrogens (tertiary/aromatic N) is 2. The maximum Gasteiger partial charge on any atom is 0.237 e. The average Bonchev–Trinajstić information content (AvgIpc) is 3.34. The number of ether oxygens (including phenoxy) is 1. The van der Waals surface area contributed by atoms with E-state index in [1.54, 1.807) is 6.26 Å². The summed E-state index contributed by atoms with van der Waals surface area (Å²) < 4.78 is 11.3. The molecule has 1 unspecified atom stereocenters. The number of benzene rings is 1. The second-order valence-electron chi connectivity index (χ2n) is 6.78. The van der Waals surface area contributed by atoms with Crippen LogP contribution in [0.4, 0.5) is 0 Å². The van der Waals surface area contributed by atoms with Crippen LogP contribution in [0, 0.1) is 0 Å². The fourth-order valence-corrected chi connectivity index (χ4v) is 3.36. The van der Waals surface area contributed by atoms with Gasteiger partial charge in [-0.15, -0.1) is 0 Å². The van der Waals surface area contributed by atoms with Crippen LogP contribution in [0.5, 0.6) is 0 Å². The number of likely N-dealkylation sites (N-methyl/N-ethyl adjacent to an activating group) is 1. The number of hydrogen-bond donors (Lipinski definition) is 0. The maximum atomic E-state index is 12.9. The Labute approximate surface area is 155 Å². The van der Waals surface area contributed by atoms with Gasteiger partial charge in [-0.1, -0.05) is 30.3 Å². The van der Waals surface area contributed by atoms with Crippen molar-refractivity contribution in [3.63, 3.8) is 0 Å². The molecule has 140 valence electrons. The summed E-state index contributed by atoms with van der Waals surface area (Å²) >= 11 is 0. The van der Waals surface area contributed by atoms with E-state index in [9.17, 15) is 4.79 Å². The summed E-state index contributed by atoms with van der Waals surface area (Å²) in [5, 5.41) is 0. The highest BCUT2D eigenvalue weighted by atomic mass is 16.5. The first kappa shape index (κ1) is 18.7. The van der Waals surface area contributed by atoms with Gasteiger partial charge in [0.25, 0.3) is 0 Å². The molecule has 26 heavy (non-hydrogen) atoms. The standard InChI is InChI=1S/C21H28N2O3/c1-2-23(14-18-8-4-3-5-9-18)21(24)17-22(15-19-10-6-12-25-19)16-20-11-7-13-26-20/h3-6,8-10,12,20H,2,7,11,13-17H2,1H3. The van der Waals surface area contributed by atoms with E-state index < -0.39 is 0 Å². The zero-order valence-electron chi connectivity index (χ0n) is 15.5. The van der Waals surface area contributed by atoms with E-state index in [-0.39, 0.29) is 12.0 Å². The van der Waals surface area contributed by atoms with Crippen molar-refractivity contribution in [2.75, 3.05) is 26.2 Å². The molecule has 3 rings (SSSR count). The monoisotopic (exact) mass is 356 g/mol. The van der Waals surface area contributed by atoms with E-state index in [0.29, 0.717) is 26.2 Å². The van der Waals surface area contributed by atoms with Gasteiger partial charge >= 0.3 is 0 Å². The molecule has 0 bridgehead atoms. The first-order valence-electron chi connectivity index (χ1n) is 9.42. The molecule has 2 heterocycles. The molecule has 2 aromatic rings. The van der Waals surface area contributed by atoms with Crippen molar-refractivity contribution >= 4 is 5.91 Å². The first-order chi connectivity index (χ1) is 12.7. The maximum absolute atomic E-state index is 12.9. The minimum atomic E-state index is 0.140. The Bertz CT molecular complexity index is 651. The minimum absolute atomic E-state index is 0.140. The molecule has 5 heteroatoms. The number of hydrogen-bond acceptors (Lipinski definition) is 4. The van der Waals surface area contributed by atoms with Crippen molar-refractivity contribution in [3.05, 3.63) is 60.1 Å². The van der Waals surface area contributed by atoms with Crippen LogP contribution >= 0.6 is 0 Å². The lowest BCUT2D eigenvalue weighted by Crippen LogP contribution is -2.42. The Morgan fingerprint density at radius 3 is 2.65 bits per heavy atom. The Hall–Kier alpha value is -2.11. The summed E-state index contributed by atoms with van der Waals surface area (Å²) in [4.78, 5) is 17.0. The van der Waals surface area contributed by atoms with Gasteiger partial charge in [0.15, 0.2) is 0 Å². The lowest BCUT2D eigenvalue weighted by atomic mass is 10.2. The molecule has 1 amide bonds. The Morgan fingerprint density at radius 2 is 2.00 bits per heavy atom. The Kier molecular flexibility index (Phi) is 6.86. The molecule has 0 aliphatic carbocycles. The molecule has 0 spiro atoms. The van der Waals surface area contributed by atoms with Crippen molar-refractivity contribution in [1.82, 2.24) is 9.80 Å². The SMILES string of the molecule is CCN(Cc1ccccc1)C(=O)CN(Cc1ccco1)CC1CCCO1. The van der Waals surface area contributed by atoms with Crippen LogP contribution in [-0.2, 0) is 22.6 Å². The van der Waals surface area contributed by atoms with Gasteiger partial charge in [-0.25, -0.2) is 0 Å². The van der Waals surface area contributed by atoms with Gasteiger partial charge in [0, 0.05) is 26.2 Å². The van der Waals surface area contributed by atoms with Gasteiger partial charge in [-0.05, 0) is 37.5 Å². The Morgan fingerprint density at radius 1 is 1.15 bits per heavy atom. The van der Waals surface area contributed by atoms with Crippen molar-refractivity contribution in [2.45, 2.75) is 39.0 Å². The van der Waals surface area contributed by atoms with Crippen LogP contribution < -0.4 is 0 Å². The van der Waals surface area contributed by atoms with Gasteiger partial charge in [0.05, 0.1) is 25.5 Å². The van der Waals surface area contributed by atoms with Crippen molar-refractivity contribution in [2.24, 2.45) is 0 Å². The van der Waals surface area contributed by atoms with Crippen molar-refractivity contribution in [1.29, 1.82) is 0 Å². The molecule has 0 saturated carbocycles. The third-order valence-electron chi connectivity index (χ3n) is 4.75. The average molecular weight is 356 g/mol. The zero-order chi connectivity index (χ0) is 18.2. The number of carbonyl (C=O) groups excluding carboxylic acids is 1. The number of rotatable bonds is 9. The fourth-order valence-electron chi connectivity index (χ4n) is 3.36. The summed E-state index contributed by atoms with van der Waals surface area (Å²) in [5.41, 5.74) is 1.15.